The Labute approximate surface area is 201 Å². The smallest absolute Gasteiger partial charge is 0.399 e. The Morgan fingerprint density at radius 3 is 2.51 bits per heavy atom. The minimum absolute atomic E-state index is 0.0000176. The van der Waals surface area contributed by atoms with Crippen LogP contribution in [-0.4, -0.2) is 18.4 Å². The molecule has 4 N–H and O–H groups in total. The first-order chi connectivity index (χ1) is 16.4. The van der Waals surface area contributed by atoms with Gasteiger partial charge in [0.05, 0.1) is 12.0 Å². The van der Waals surface area contributed by atoms with Gasteiger partial charge in [-0.05, 0) is 65.2 Å². The molecule has 0 radical (unpaired) electrons. The maximum Gasteiger partial charge on any atom is 0.416 e. The molecule has 0 spiro atoms. The van der Waals surface area contributed by atoms with Crippen molar-refractivity contribution in [1.29, 1.82) is 0 Å². The first-order valence-electron chi connectivity index (χ1n) is 10.3. The number of benzene rings is 3. The second-order valence-electron chi connectivity index (χ2n) is 8.02. The summed E-state index contributed by atoms with van der Waals surface area (Å²) in [5.74, 6) is -3.94. The molecule has 1 atom stereocenters. The molecule has 182 valence electrons. The predicted molar refractivity (Wildman–Crippen MR) is 120 cm³/mol. The van der Waals surface area contributed by atoms with E-state index in [2.05, 4.69) is 10.6 Å². The first-order valence-corrected chi connectivity index (χ1v) is 10.6. The monoisotopic (exact) mass is 509 g/mol. The summed E-state index contributed by atoms with van der Waals surface area (Å²) in [5.41, 5.74) is 5.41. The van der Waals surface area contributed by atoms with Gasteiger partial charge < -0.3 is 16.4 Å². The molecule has 11 heteroatoms. The molecule has 0 bridgehead atoms. The van der Waals surface area contributed by atoms with E-state index in [1.54, 1.807) is 0 Å². The zero-order valence-corrected chi connectivity index (χ0v) is 18.5. The summed E-state index contributed by atoms with van der Waals surface area (Å²) in [4.78, 5) is 25.2. The van der Waals surface area contributed by atoms with Gasteiger partial charge in [0.1, 0.15) is 11.6 Å². The van der Waals surface area contributed by atoms with Crippen molar-refractivity contribution < 1.29 is 31.5 Å². The molecule has 0 aromatic heterocycles. The standard InChI is InChI=1S/C24H17ClF5N3O2/c25-19-2-1-14(26)8-17(19)18-10-32-21(34)6-11-5-16(31)9-20(22(11)18)33-23(35)12-3-13(24(28,29)30)7-15(27)4-12/h1-5,7-9,18H,6,10,31H2,(H,32,34)(H,33,35). The zero-order chi connectivity index (χ0) is 25.5. The van der Waals surface area contributed by atoms with Gasteiger partial charge in [-0.25, -0.2) is 8.78 Å². The van der Waals surface area contributed by atoms with Crippen LogP contribution >= 0.6 is 11.6 Å². The Balaban J connectivity index is 1.83. The van der Waals surface area contributed by atoms with E-state index >= 15 is 0 Å². The highest BCUT2D eigenvalue weighted by molar-refractivity contribution is 6.31. The van der Waals surface area contributed by atoms with E-state index in [4.69, 9.17) is 17.3 Å². The average molecular weight is 510 g/mol. The number of nitrogen functional groups attached to an aromatic ring is 1. The molecule has 1 unspecified atom stereocenters. The summed E-state index contributed by atoms with van der Waals surface area (Å²) < 4.78 is 67.3. The summed E-state index contributed by atoms with van der Waals surface area (Å²) in [6.07, 6.45) is -4.98. The first kappa shape index (κ1) is 24.5. The number of rotatable bonds is 3. The third-order valence-corrected chi connectivity index (χ3v) is 5.90. The van der Waals surface area contributed by atoms with Crippen LogP contribution in [0.15, 0.2) is 48.5 Å². The molecule has 0 saturated heterocycles. The second kappa shape index (κ2) is 9.18. The van der Waals surface area contributed by atoms with Crippen LogP contribution < -0.4 is 16.4 Å². The number of amides is 2. The van der Waals surface area contributed by atoms with Crippen LogP contribution in [-0.2, 0) is 17.4 Å². The maximum atomic E-state index is 14.1. The fourth-order valence-electron chi connectivity index (χ4n) is 4.08. The number of nitrogens with two attached hydrogens (primary N) is 1. The number of halogens is 6. The molecule has 0 aliphatic carbocycles. The summed E-state index contributed by atoms with van der Waals surface area (Å²) in [6, 6.07) is 8.05. The molecular weight excluding hydrogens is 493 g/mol. The lowest BCUT2D eigenvalue weighted by Crippen LogP contribution is -2.27. The molecule has 2 amide bonds. The van der Waals surface area contributed by atoms with E-state index in [0.717, 1.165) is 6.07 Å². The van der Waals surface area contributed by atoms with E-state index in [0.29, 0.717) is 28.8 Å². The third-order valence-electron chi connectivity index (χ3n) is 5.56. The fourth-order valence-corrected chi connectivity index (χ4v) is 4.33. The van der Waals surface area contributed by atoms with Gasteiger partial charge in [0, 0.05) is 34.4 Å². The number of fused-ring (bicyclic) bond motifs is 1. The summed E-state index contributed by atoms with van der Waals surface area (Å²) in [7, 11) is 0. The largest absolute Gasteiger partial charge is 0.416 e. The van der Waals surface area contributed by atoms with Crippen LogP contribution in [0.5, 0.6) is 0 Å². The lowest BCUT2D eigenvalue weighted by atomic mass is 9.86. The Morgan fingerprint density at radius 2 is 1.80 bits per heavy atom. The van der Waals surface area contributed by atoms with Gasteiger partial charge >= 0.3 is 6.18 Å². The number of alkyl halides is 3. The number of hydrogen-bond acceptors (Lipinski definition) is 3. The summed E-state index contributed by atoms with van der Waals surface area (Å²) in [6.45, 7) is -0.0000176. The summed E-state index contributed by atoms with van der Waals surface area (Å²) in [5, 5.41) is 5.38. The van der Waals surface area contributed by atoms with Crippen molar-refractivity contribution in [2.24, 2.45) is 0 Å². The topological polar surface area (TPSA) is 84.2 Å². The molecule has 3 aromatic carbocycles. The van der Waals surface area contributed by atoms with E-state index in [-0.39, 0.29) is 41.3 Å². The summed E-state index contributed by atoms with van der Waals surface area (Å²) >= 11 is 6.31. The van der Waals surface area contributed by atoms with Gasteiger partial charge in [0.25, 0.3) is 5.91 Å². The third kappa shape index (κ3) is 5.22. The van der Waals surface area contributed by atoms with Crippen LogP contribution in [0.25, 0.3) is 0 Å². The van der Waals surface area contributed by atoms with Gasteiger partial charge in [-0.15, -0.1) is 0 Å². The van der Waals surface area contributed by atoms with Crippen molar-refractivity contribution in [2.75, 3.05) is 17.6 Å². The van der Waals surface area contributed by atoms with Crippen LogP contribution in [0.2, 0.25) is 5.02 Å². The van der Waals surface area contributed by atoms with Gasteiger partial charge in [0.15, 0.2) is 0 Å². The van der Waals surface area contributed by atoms with Crippen molar-refractivity contribution in [1.82, 2.24) is 5.32 Å². The lowest BCUT2D eigenvalue weighted by molar-refractivity contribution is -0.137. The van der Waals surface area contributed by atoms with Crippen LogP contribution in [0.3, 0.4) is 0 Å². The highest BCUT2D eigenvalue weighted by Crippen LogP contribution is 2.39. The Hall–Kier alpha value is -3.66. The van der Waals surface area contributed by atoms with Gasteiger partial charge in [0.2, 0.25) is 5.91 Å². The predicted octanol–water partition coefficient (Wildman–Crippen LogP) is 5.28. The molecule has 1 heterocycles. The Kier molecular flexibility index (Phi) is 6.42. The number of nitrogens with one attached hydrogen (secondary N) is 2. The van der Waals surface area contributed by atoms with Crippen molar-refractivity contribution in [3.63, 3.8) is 0 Å². The van der Waals surface area contributed by atoms with E-state index < -0.39 is 40.8 Å². The van der Waals surface area contributed by atoms with Crippen molar-refractivity contribution in [3.05, 3.63) is 93.0 Å². The van der Waals surface area contributed by atoms with Crippen molar-refractivity contribution >= 4 is 34.8 Å². The molecule has 35 heavy (non-hydrogen) atoms. The molecule has 5 nitrogen and oxygen atoms in total. The molecule has 1 aliphatic rings. The van der Waals surface area contributed by atoms with Crippen molar-refractivity contribution in [2.45, 2.75) is 18.5 Å². The molecule has 3 aromatic rings. The quantitative estimate of drug-likeness (QED) is 0.332. The SMILES string of the molecule is Nc1cc2c(c(NC(=O)c3cc(F)cc(C(F)(F)F)c3)c1)C(c1cc(F)ccc1Cl)CNC(=O)C2. The Bertz CT molecular complexity index is 1340. The number of carbonyl (C=O) groups is 2. The van der Waals surface area contributed by atoms with Gasteiger partial charge in [-0.2, -0.15) is 13.2 Å². The number of carbonyl (C=O) groups excluding carboxylic acids is 2. The highest BCUT2D eigenvalue weighted by Gasteiger charge is 2.33. The van der Waals surface area contributed by atoms with Crippen LogP contribution in [0.1, 0.15) is 38.5 Å². The van der Waals surface area contributed by atoms with Gasteiger partial charge in [-0.1, -0.05) is 11.6 Å². The van der Waals surface area contributed by atoms with E-state index in [1.807, 2.05) is 0 Å². The highest BCUT2D eigenvalue weighted by atomic mass is 35.5. The molecule has 0 saturated carbocycles. The van der Waals surface area contributed by atoms with Crippen LogP contribution in [0, 0.1) is 11.6 Å². The van der Waals surface area contributed by atoms with Gasteiger partial charge in [-0.3, -0.25) is 9.59 Å². The fraction of sp³-hybridized carbons (Fsp3) is 0.167. The van der Waals surface area contributed by atoms with E-state index in [1.165, 1.54) is 24.3 Å². The zero-order valence-electron chi connectivity index (χ0n) is 17.8. The normalized spacial score (nSPS) is 15.7. The molecular formula is C24H17ClF5N3O2. The number of hydrogen-bond donors (Lipinski definition) is 3. The number of anilines is 2. The minimum Gasteiger partial charge on any atom is -0.399 e. The average Bonchev–Trinajstić information content (AvgIpc) is 2.92. The molecule has 0 fully saturated rings. The van der Waals surface area contributed by atoms with Crippen LogP contribution in [0.4, 0.5) is 33.3 Å². The maximum absolute atomic E-state index is 14.1. The molecule has 4 rings (SSSR count). The van der Waals surface area contributed by atoms with E-state index in [9.17, 15) is 31.5 Å². The minimum atomic E-state index is -4.86. The van der Waals surface area contributed by atoms with Crippen molar-refractivity contribution in [3.8, 4) is 0 Å². The lowest BCUT2D eigenvalue weighted by Gasteiger charge is -2.23. The Morgan fingerprint density at radius 1 is 1.06 bits per heavy atom. The second-order valence-corrected chi connectivity index (χ2v) is 8.43. The molecule has 1 aliphatic heterocycles.